The van der Waals surface area contributed by atoms with Gasteiger partial charge in [0.2, 0.25) is 17.6 Å². The third-order valence-corrected chi connectivity index (χ3v) is 9.60. The van der Waals surface area contributed by atoms with Crippen LogP contribution in [-0.2, 0) is 19.1 Å². The molecule has 2 N–H and O–H groups in total. The summed E-state index contributed by atoms with van der Waals surface area (Å²) in [6.45, 7) is 8.82. The predicted octanol–water partition coefficient (Wildman–Crippen LogP) is 5.67. The molecule has 3 fully saturated rings. The van der Waals surface area contributed by atoms with Gasteiger partial charge in [0.05, 0.1) is 12.6 Å². The van der Waals surface area contributed by atoms with Crippen molar-refractivity contribution in [3.63, 3.8) is 0 Å². The minimum atomic E-state index is -0.705. The molecule has 258 valence electrons. The van der Waals surface area contributed by atoms with Gasteiger partial charge < -0.3 is 29.4 Å². The molecule has 5 rings (SSSR count). The van der Waals surface area contributed by atoms with E-state index in [1.807, 2.05) is 0 Å². The summed E-state index contributed by atoms with van der Waals surface area (Å²) in [5, 5.41) is 6.39. The number of rotatable bonds is 9. The molecule has 1 aromatic carbocycles. The molecule has 2 aromatic rings. The molecule has 1 aliphatic carbocycles. The first kappa shape index (κ1) is 34.7. The average molecular weight is 657 g/mol. The Morgan fingerprint density at radius 1 is 1.00 bits per heavy atom. The number of fused-ring (bicyclic) bond motifs is 1. The molecule has 0 unspecified atom stereocenters. The number of alkyl halides is 1. The maximum absolute atomic E-state index is 14.1. The highest BCUT2D eigenvalue weighted by molar-refractivity contribution is 6.00. The molecule has 2 aliphatic heterocycles. The summed E-state index contributed by atoms with van der Waals surface area (Å²) < 4.78 is 30.0. The lowest BCUT2D eigenvalue weighted by atomic mass is 9.78. The lowest BCUT2D eigenvalue weighted by Gasteiger charge is -2.38. The molecular formula is C35H49FN4O7. The Labute approximate surface area is 275 Å². The van der Waals surface area contributed by atoms with E-state index in [-0.39, 0.29) is 42.1 Å². The van der Waals surface area contributed by atoms with Crippen LogP contribution in [0.1, 0.15) is 89.6 Å². The molecule has 47 heavy (non-hydrogen) atoms. The molecule has 0 radical (unpaired) electrons. The van der Waals surface area contributed by atoms with Gasteiger partial charge in [0.25, 0.3) is 0 Å². The third-order valence-electron chi connectivity index (χ3n) is 9.60. The third kappa shape index (κ3) is 8.44. The predicted molar refractivity (Wildman–Crippen MR) is 175 cm³/mol. The number of benzene rings is 1. The van der Waals surface area contributed by atoms with Crippen LogP contribution in [0.4, 0.5) is 14.9 Å². The monoisotopic (exact) mass is 656 g/mol. The van der Waals surface area contributed by atoms with E-state index in [4.69, 9.17) is 13.9 Å². The number of nitrogens with zero attached hydrogens (tertiary/aromatic N) is 2. The van der Waals surface area contributed by atoms with Crippen molar-refractivity contribution in [3.8, 4) is 0 Å². The van der Waals surface area contributed by atoms with Crippen LogP contribution in [0.2, 0.25) is 0 Å². The van der Waals surface area contributed by atoms with E-state index in [1.165, 1.54) is 0 Å². The highest BCUT2D eigenvalue weighted by atomic mass is 19.1. The average Bonchev–Trinajstić information content (AvgIpc) is 3.68. The van der Waals surface area contributed by atoms with Gasteiger partial charge >= 0.3 is 12.1 Å². The highest BCUT2D eigenvalue weighted by Crippen LogP contribution is 2.36. The van der Waals surface area contributed by atoms with Crippen LogP contribution < -0.4 is 10.6 Å². The fourth-order valence-electron chi connectivity index (χ4n) is 7.36. The van der Waals surface area contributed by atoms with Crippen molar-refractivity contribution in [2.45, 2.75) is 103 Å². The molecule has 1 saturated carbocycles. The van der Waals surface area contributed by atoms with Gasteiger partial charge in [-0.3, -0.25) is 14.5 Å². The zero-order valence-corrected chi connectivity index (χ0v) is 28.0. The van der Waals surface area contributed by atoms with Crippen molar-refractivity contribution in [1.82, 2.24) is 15.1 Å². The van der Waals surface area contributed by atoms with Gasteiger partial charge in [-0.25, -0.2) is 14.0 Å². The number of hydrogen-bond donors (Lipinski definition) is 2. The molecule has 3 aliphatic rings. The van der Waals surface area contributed by atoms with E-state index in [9.17, 15) is 23.6 Å². The Kier molecular flexibility index (Phi) is 11.1. The smallest absolute Gasteiger partial charge is 0.407 e. The maximum atomic E-state index is 14.1. The zero-order chi connectivity index (χ0) is 33.7. The number of likely N-dealkylation sites (tertiary alicyclic amines) is 2. The van der Waals surface area contributed by atoms with Gasteiger partial charge in [-0.05, 0) is 116 Å². The summed E-state index contributed by atoms with van der Waals surface area (Å²) in [6.07, 6.45) is 5.69. The van der Waals surface area contributed by atoms with Gasteiger partial charge in [-0.15, -0.1) is 0 Å². The Balaban J connectivity index is 1.27. The van der Waals surface area contributed by atoms with Gasteiger partial charge in [0, 0.05) is 29.6 Å². The van der Waals surface area contributed by atoms with Gasteiger partial charge in [0.1, 0.15) is 23.9 Å². The first-order chi connectivity index (χ1) is 22.5. The number of alkyl carbamates (subject to hydrolysis) is 1. The summed E-state index contributed by atoms with van der Waals surface area (Å²) in [4.78, 5) is 56.7. The summed E-state index contributed by atoms with van der Waals surface area (Å²) in [6, 6.07) is 5.37. The SMILES string of the molecule is CCOC(=O)c1cc2cc(NC(=O)[C@@H]3[C@H](N4CCCCC4)CCN3C(=O)C3CCC([C@@H](CF)NC(=O)OC(C)(C)C)CC3)ccc2o1. The molecule has 11 nitrogen and oxygen atoms in total. The molecule has 1 aromatic heterocycles. The number of carbonyl (C=O) groups excluding carboxylic acids is 4. The minimum Gasteiger partial charge on any atom is -0.460 e. The Bertz CT molecular complexity index is 1420. The number of nitrogens with one attached hydrogen (secondary N) is 2. The first-order valence-corrected chi connectivity index (χ1v) is 17.1. The molecule has 3 heterocycles. The summed E-state index contributed by atoms with van der Waals surface area (Å²) in [5.74, 6) is -1.11. The van der Waals surface area contributed by atoms with Crippen molar-refractivity contribution in [2.75, 3.05) is 38.2 Å². The lowest BCUT2D eigenvalue weighted by Crippen LogP contribution is -2.55. The van der Waals surface area contributed by atoms with Crippen LogP contribution in [0.3, 0.4) is 0 Å². The summed E-state index contributed by atoms with van der Waals surface area (Å²) in [7, 11) is 0. The number of amides is 3. The van der Waals surface area contributed by atoms with Crippen molar-refractivity contribution in [2.24, 2.45) is 11.8 Å². The van der Waals surface area contributed by atoms with E-state index in [0.29, 0.717) is 55.3 Å². The van der Waals surface area contributed by atoms with Crippen LogP contribution in [0.15, 0.2) is 28.7 Å². The second-order valence-corrected chi connectivity index (χ2v) is 14.0. The Morgan fingerprint density at radius 3 is 2.38 bits per heavy atom. The van der Waals surface area contributed by atoms with Gasteiger partial charge in [-0.1, -0.05) is 6.42 Å². The number of halogens is 1. The Hall–Kier alpha value is -3.67. The van der Waals surface area contributed by atoms with E-state index < -0.39 is 36.4 Å². The molecule has 3 amide bonds. The summed E-state index contributed by atoms with van der Waals surface area (Å²) >= 11 is 0. The van der Waals surface area contributed by atoms with Crippen LogP contribution in [0.25, 0.3) is 11.0 Å². The topological polar surface area (TPSA) is 130 Å². The molecule has 3 atom stereocenters. The van der Waals surface area contributed by atoms with Crippen molar-refractivity contribution < 1.29 is 37.5 Å². The second-order valence-electron chi connectivity index (χ2n) is 14.0. The van der Waals surface area contributed by atoms with E-state index in [2.05, 4.69) is 15.5 Å². The van der Waals surface area contributed by atoms with Crippen LogP contribution in [-0.4, -0.2) is 90.3 Å². The van der Waals surface area contributed by atoms with Gasteiger partial charge in [-0.2, -0.15) is 0 Å². The second kappa shape index (κ2) is 15.0. The fourth-order valence-corrected chi connectivity index (χ4v) is 7.36. The van der Waals surface area contributed by atoms with E-state index in [0.717, 1.165) is 32.4 Å². The van der Waals surface area contributed by atoms with Crippen molar-refractivity contribution in [3.05, 3.63) is 30.0 Å². The molecule has 0 spiro atoms. The van der Waals surface area contributed by atoms with Crippen molar-refractivity contribution in [1.29, 1.82) is 0 Å². The summed E-state index contributed by atoms with van der Waals surface area (Å²) in [5.41, 5.74) is 0.367. The zero-order valence-electron chi connectivity index (χ0n) is 28.0. The first-order valence-electron chi connectivity index (χ1n) is 17.1. The van der Waals surface area contributed by atoms with Gasteiger partial charge in [0.15, 0.2) is 0 Å². The van der Waals surface area contributed by atoms with Crippen LogP contribution in [0, 0.1) is 11.8 Å². The highest BCUT2D eigenvalue weighted by Gasteiger charge is 2.46. The lowest BCUT2D eigenvalue weighted by molar-refractivity contribution is -0.142. The minimum absolute atomic E-state index is 0.0376. The van der Waals surface area contributed by atoms with Crippen LogP contribution in [0.5, 0.6) is 0 Å². The molecule has 0 bridgehead atoms. The number of carbonyl (C=O) groups is 4. The number of anilines is 1. The quantitative estimate of drug-likeness (QED) is 0.330. The fraction of sp³-hybridized carbons (Fsp3) is 0.657. The normalized spacial score (nSPS) is 24.5. The number of hydrogen-bond acceptors (Lipinski definition) is 8. The standard InChI is InChI=1S/C35H49FN4O7/c1-5-45-33(43)29-20-24-19-25(13-14-28(24)46-29)37-31(41)30-27(39-16-7-6-8-17-39)15-18-40(30)32(42)23-11-9-22(10-12-23)26(21-36)38-34(44)47-35(2,3)4/h13-14,19-20,22-23,26-27,30H,5-12,15-18,21H2,1-4H3,(H,37,41)(H,38,44)/t22?,23?,26-,27-,30+/m1/s1. The molecule has 12 heteroatoms. The Morgan fingerprint density at radius 2 is 1.72 bits per heavy atom. The van der Waals surface area contributed by atoms with Crippen LogP contribution >= 0.6 is 0 Å². The maximum Gasteiger partial charge on any atom is 0.407 e. The van der Waals surface area contributed by atoms with E-state index >= 15 is 0 Å². The largest absolute Gasteiger partial charge is 0.460 e. The number of furan rings is 1. The number of ether oxygens (including phenoxy) is 2. The molecular weight excluding hydrogens is 607 g/mol. The van der Waals surface area contributed by atoms with Crippen molar-refractivity contribution >= 4 is 40.5 Å². The number of esters is 1. The van der Waals surface area contributed by atoms with E-state index in [1.54, 1.807) is 56.9 Å². The molecule has 2 saturated heterocycles. The number of piperidine rings is 1.